The smallest absolute Gasteiger partial charge is 0.335 e. The summed E-state index contributed by atoms with van der Waals surface area (Å²) in [6.45, 7) is 8.11. The van der Waals surface area contributed by atoms with Gasteiger partial charge >= 0.3 is 18.0 Å². The van der Waals surface area contributed by atoms with Gasteiger partial charge in [-0.15, -0.1) is 0 Å². The first-order valence-corrected chi connectivity index (χ1v) is 10.2. The van der Waals surface area contributed by atoms with E-state index in [4.69, 9.17) is 0 Å². The van der Waals surface area contributed by atoms with Crippen molar-refractivity contribution in [3.8, 4) is 0 Å². The number of urea groups is 1. The van der Waals surface area contributed by atoms with E-state index >= 15 is 0 Å². The molecule has 3 rings (SSSR count). The van der Waals surface area contributed by atoms with Crippen LogP contribution in [-0.2, 0) is 11.2 Å². The van der Waals surface area contributed by atoms with Crippen molar-refractivity contribution in [3.63, 3.8) is 0 Å². The number of piperidine rings is 1. The number of aromatic carboxylic acids is 2. The highest BCUT2D eigenvalue weighted by Gasteiger charge is 2.60. The average molecular weight is 431 g/mol. The van der Waals surface area contributed by atoms with Crippen LogP contribution in [0.4, 0.5) is 4.79 Å². The van der Waals surface area contributed by atoms with Crippen LogP contribution in [0, 0.1) is 0 Å². The number of rotatable bonds is 5. The van der Waals surface area contributed by atoms with Crippen molar-refractivity contribution in [1.29, 1.82) is 0 Å². The lowest BCUT2D eigenvalue weighted by atomic mass is 9.69. The summed E-state index contributed by atoms with van der Waals surface area (Å²) in [5.41, 5.74) is -1.51. The van der Waals surface area contributed by atoms with Gasteiger partial charge in [-0.3, -0.25) is 14.6 Å². The standard InChI is InChI=1S/C22H29N3O6/c1-20(2)11-22(12-21(3,4)24(20)5)18(30)25(19(31)23-22)9-8-13-10-14(16(26)27)6-7-15(13)17(28)29/h6-7,10H,8-9,11-12H2,1-5H3,(H,23,31)(H,26,27)(H,28,29). The van der Waals surface area contributed by atoms with Gasteiger partial charge in [-0.1, -0.05) is 0 Å². The van der Waals surface area contributed by atoms with Gasteiger partial charge in [-0.25, -0.2) is 14.4 Å². The van der Waals surface area contributed by atoms with E-state index in [0.717, 1.165) is 4.90 Å². The lowest BCUT2D eigenvalue weighted by molar-refractivity contribution is -0.139. The normalized spacial score (nSPS) is 21.9. The van der Waals surface area contributed by atoms with Crippen LogP contribution >= 0.6 is 0 Å². The molecule has 3 N–H and O–H groups in total. The quantitative estimate of drug-likeness (QED) is 0.610. The Labute approximate surface area is 181 Å². The topological polar surface area (TPSA) is 127 Å². The van der Waals surface area contributed by atoms with E-state index in [9.17, 15) is 29.4 Å². The first-order valence-electron chi connectivity index (χ1n) is 10.2. The maximum absolute atomic E-state index is 13.4. The van der Waals surface area contributed by atoms with Crippen LogP contribution in [-0.4, -0.2) is 74.1 Å². The molecule has 31 heavy (non-hydrogen) atoms. The molecular formula is C22H29N3O6. The maximum Gasteiger partial charge on any atom is 0.335 e. The van der Waals surface area contributed by atoms with Gasteiger partial charge < -0.3 is 15.5 Å². The predicted molar refractivity (Wildman–Crippen MR) is 112 cm³/mol. The van der Waals surface area contributed by atoms with Crippen molar-refractivity contribution in [2.24, 2.45) is 0 Å². The lowest BCUT2D eigenvalue weighted by Crippen LogP contribution is -2.68. The van der Waals surface area contributed by atoms with Crippen molar-refractivity contribution < 1.29 is 29.4 Å². The van der Waals surface area contributed by atoms with E-state index in [0.29, 0.717) is 12.8 Å². The van der Waals surface area contributed by atoms with E-state index in [-0.39, 0.29) is 46.6 Å². The van der Waals surface area contributed by atoms with Gasteiger partial charge in [0.25, 0.3) is 5.91 Å². The molecule has 0 atom stereocenters. The molecule has 0 aromatic heterocycles. The van der Waals surface area contributed by atoms with Crippen molar-refractivity contribution in [3.05, 3.63) is 34.9 Å². The Morgan fingerprint density at radius 2 is 1.61 bits per heavy atom. The minimum atomic E-state index is -1.19. The van der Waals surface area contributed by atoms with E-state index in [1.54, 1.807) is 0 Å². The number of carboxylic acids is 2. The van der Waals surface area contributed by atoms with Gasteiger partial charge in [-0.05, 0) is 77.8 Å². The van der Waals surface area contributed by atoms with Crippen LogP contribution in [0.25, 0.3) is 0 Å². The van der Waals surface area contributed by atoms with Crippen LogP contribution < -0.4 is 5.32 Å². The third-order valence-corrected chi connectivity index (χ3v) is 6.72. The third kappa shape index (κ3) is 3.89. The number of hydrogen-bond acceptors (Lipinski definition) is 5. The van der Waals surface area contributed by atoms with Gasteiger partial charge in [0.2, 0.25) is 0 Å². The largest absolute Gasteiger partial charge is 0.478 e. The van der Waals surface area contributed by atoms with Crippen molar-refractivity contribution >= 4 is 23.9 Å². The van der Waals surface area contributed by atoms with Crippen molar-refractivity contribution in [2.45, 2.75) is 63.6 Å². The summed E-state index contributed by atoms with van der Waals surface area (Å²) in [6.07, 6.45) is 0.955. The molecular weight excluding hydrogens is 402 g/mol. The number of likely N-dealkylation sites (tertiary alicyclic amines) is 1. The molecule has 0 bridgehead atoms. The van der Waals surface area contributed by atoms with Crippen molar-refractivity contribution in [2.75, 3.05) is 13.6 Å². The van der Waals surface area contributed by atoms with Crippen LogP contribution in [0.2, 0.25) is 0 Å². The van der Waals surface area contributed by atoms with Crippen molar-refractivity contribution in [1.82, 2.24) is 15.1 Å². The summed E-state index contributed by atoms with van der Waals surface area (Å²) in [5.74, 6) is -2.69. The fourth-order valence-electron chi connectivity index (χ4n) is 5.09. The Balaban J connectivity index is 1.86. The maximum atomic E-state index is 13.4. The molecule has 2 saturated heterocycles. The highest BCUT2D eigenvalue weighted by molar-refractivity contribution is 6.07. The number of nitrogens with one attached hydrogen (secondary N) is 1. The molecule has 0 unspecified atom stereocenters. The van der Waals surface area contributed by atoms with E-state index in [2.05, 4.69) is 10.2 Å². The number of hydrogen-bond donors (Lipinski definition) is 3. The molecule has 0 radical (unpaired) electrons. The minimum absolute atomic E-state index is 0.0353. The van der Waals surface area contributed by atoms with E-state index in [1.165, 1.54) is 18.2 Å². The second-order valence-corrected chi connectivity index (χ2v) is 9.74. The van der Waals surface area contributed by atoms with Crippen LogP contribution in [0.15, 0.2) is 18.2 Å². The summed E-state index contributed by atoms with van der Waals surface area (Å²) in [4.78, 5) is 52.3. The molecule has 0 aliphatic carbocycles. The summed E-state index contributed by atoms with van der Waals surface area (Å²) in [7, 11) is 2.01. The summed E-state index contributed by atoms with van der Waals surface area (Å²) >= 11 is 0. The van der Waals surface area contributed by atoms with E-state index in [1.807, 2.05) is 34.7 Å². The lowest BCUT2D eigenvalue weighted by Gasteiger charge is -2.56. The van der Waals surface area contributed by atoms with Gasteiger partial charge in [0, 0.05) is 17.6 Å². The number of imide groups is 1. The minimum Gasteiger partial charge on any atom is -0.478 e. The molecule has 168 valence electrons. The van der Waals surface area contributed by atoms with Gasteiger partial charge in [0.15, 0.2) is 0 Å². The molecule has 1 aromatic rings. The number of nitrogens with zero attached hydrogens (tertiary/aromatic N) is 2. The highest BCUT2D eigenvalue weighted by atomic mass is 16.4. The van der Waals surface area contributed by atoms with Crippen LogP contribution in [0.5, 0.6) is 0 Å². The Morgan fingerprint density at radius 1 is 1.03 bits per heavy atom. The number of carboxylic acid groups (broad SMARTS) is 2. The van der Waals surface area contributed by atoms with Gasteiger partial charge in [-0.2, -0.15) is 0 Å². The zero-order valence-corrected chi connectivity index (χ0v) is 18.5. The average Bonchev–Trinajstić information content (AvgIpc) is 2.86. The third-order valence-electron chi connectivity index (χ3n) is 6.72. The fourth-order valence-corrected chi connectivity index (χ4v) is 5.09. The number of benzene rings is 1. The Morgan fingerprint density at radius 3 is 2.13 bits per heavy atom. The first kappa shape index (κ1) is 22.7. The number of amides is 3. The molecule has 1 spiro atoms. The Hall–Kier alpha value is -2.94. The van der Waals surface area contributed by atoms with Gasteiger partial charge in [0.05, 0.1) is 11.1 Å². The SMILES string of the molecule is CN1C(C)(C)CC2(CC1(C)C)NC(=O)N(CCc1cc(C(=O)O)ccc1C(=O)O)C2=O. The molecule has 3 amide bonds. The molecule has 2 aliphatic heterocycles. The molecule has 2 fully saturated rings. The molecule has 9 heteroatoms. The molecule has 1 aromatic carbocycles. The first-order chi connectivity index (χ1) is 14.2. The van der Waals surface area contributed by atoms with E-state index < -0.39 is 23.5 Å². The zero-order chi connectivity index (χ0) is 23.4. The predicted octanol–water partition coefficient (Wildman–Crippen LogP) is 2.20. The molecule has 2 heterocycles. The highest BCUT2D eigenvalue weighted by Crippen LogP contribution is 2.44. The second kappa shape index (κ2) is 7.33. The summed E-state index contributed by atoms with van der Waals surface area (Å²) in [5, 5.41) is 21.5. The monoisotopic (exact) mass is 431 g/mol. The number of carbonyl (C=O) groups excluding carboxylic acids is 2. The van der Waals surface area contributed by atoms with Crippen LogP contribution in [0.1, 0.15) is 66.8 Å². The second-order valence-electron chi connectivity index (χ2n) is 9.74. The summed E-state index contributed by atoms with van der Waals surface area (Å²) in [6, 6.07) is 3.23. The Bertz CT molecular complexity index is 950. The molecule has 9 nitrogen and oxygen atoms in total. The molecule has 0 saturated carbocycles. The Kier molecular flexibility index (Phi) is 5.38. The number of carbonyl (C=O) groups is 4. The molecule has 2 aliphatic rings. The zero-order valence-electron chi connectivity index (χ0n) is 18.5. The fraction of sp³-hybridized carbons (Fsp3) is 0.545. The van der Waals surface area contributed by atoms with Crippen LogP contribution in [0.3, 0.4) is 0 Å². The summed E-state index contributed by atoms with van der Waals surface area (Å²) < 4.78 is 0. The van der Waals surface area contributed by atoms with Gasteiger partial charge in [0.1, 0.15) is 5.54 Å².